The number of halogens is 1. The Morgan fingerprint density at radius 3 is 2.53 bits per heavy atom. The third-order valence-corrected chi connectivity index (χ3v) is 2.99. The van der Waals surface area contributed by atoms with Crippen molar-refractivity contribution >= 4 is 5.78 Å². The van der Waals surface area contributed by atoms with Crippen molar-refractivity contribution in [1.29, 1.82) is 0 Å². The van der Waals surface area contributed by atoms with Crippen LogP contribution in [-0.2, 0) is 4.79 Å². The van der Waals surface area contributed by atoms with Gasteiger partial charge in [0.15, 0.2) is 11.6 Å². The molecule has 0 amide bonds. The van der Waals surface area contributed by atoms with Crippen LogP contribution >= 0.6 is 0 Å². The minimum absolute atomic E-state index is 0.262. The maximum atomic E-state index is 13.1. The summed E-state index contributed by atoms with van der Waals surface area (Å²) in [6.07, 6.45) is 2.77. The highest BCUT2D eigenvalue weighted by atomic mass is 19.1. The van der Waals surface area contributed by atoms with Crippen LogP contribution in [0.25, 0.3) is 0 Å². The second-order valence-electron chi connectivity index (χ2n) is 4.02. The van der Waals surface area contributed by atoms with Gasteiger partial charge in [-0.3, -0.25) is 4.79 Å². The number of carbonyl (C=O) groups excluding carboxylic acids is 1. The van der Waals surface area contributed by atoms with E-state index in [0.717, 1.165) is 18.4 Å². The number of hydrogen-bond acceptors (Lipinski definition) is 2. The van der Waals surface area contributed by atoms with E-state index < -0.39 is 5.82 Å². The third kappa shape index (κ3) is 2.17. The van der Waals surface area contributed by atoms with Gasteiger partial charge in [-0.2, -0.15) is 0 Å². The molecule has 2 rings (SSSR count). The fourth-order valence-electron chi connectivity index (χ4n) is 2.05. The molecule has 1 aliphatic rings. The van der Waals surface area contributed by atoms with Gasteiger partial charge in [-0.05, 0) is 36.5 Å². The first kappa shape index (κ1) is 10.1. The van der Waals surface area contributed by atoms with Crippen LogP contribution in [0.15, 0.2) is 18.2 Å². The molecule has 0 aliphatic heterocycles. The van der Waals surface area contributed by atoms with Crippen LogP contribution in [0.5, 0.6) is 5.75 Å². The van der Waals surface area contributed by atoms with Crippen molar-refractivity contribution in [3.63, 3.8) is 0 Å². The second kappa shape index (κ2) is 4.01. The number of hydrogen-bond donors (Lipinski definition) is 1. The van der Waals surface area contributed by atoms with E-state index in [9.17, 15) is 9.18 Å². The van der Waals surface area contributed by atoms with Gasteiger partial charge in [0.1, 0.15) is 5.78 Å². The Bertz CT molecular complexity index is 377. The molecule has 0 heterocycles. The molecule has 1 aromatic carbocycles. The molecular formula is C12H13FO2. The van der Waals surface area contributed by atoms with E-state index in [1.807, 2.05) is 0 Å². The van der Waals surface area contributed by atoms with Crippen LogP contribution in [0.4, 0.5) is 4.39 Å². The maximum absolute atomic E-state index is 13.1. The van der Waals surface area contributed by atoms with Crippen LogP contribution in [0.3, 0.4) is 0 Å². The monoisotopic (exact) mass is 208 g/mol. The molecule has 0 atom stereocenters. The Hall–Kier alpha value is -1.38. The van der Waals surface area contributed by atoms with Gasteiger partial charge < -0.3 is 5.11 Å². The number of rotatable bonds is 1. The van der Waals surface area contributed by atoms with E-state index in [2.05, 4.69) is 0 Å². The van der Waals surface area contributed by atoms with Crippen LogP contribution in [0.2, 0.25) is 0 Å². The zero-order chi connectivity index (χ0) is 10.8. The highest BCUT2D eigenvalue weighted by molar-refractivity contribution is 5.79. The summed E-state index contributed by atoms with van der Waals surface area (Å²) in [5.74, 6) is -0.335. The molecule has 0 bridgehead atoms. The predicted molar refractivity (Wildman–Crippen MR) is 54.3 cm³/mol. The first-order valence-corrected chi connectivity index (χ1v) is 5.17. The summed E-state index contributed by atoms with van der Waals surface area (Å²) in [5, 5.41) is 9.06. The summed E-state index contributed by atoms with van der Waals surface area (Å²) >= 11 is 0. The van der Waals surface area contributed by atoms with Crippen molar-refractivity contribution in [2.24, 2.45) is 0 Å². The van der Waals surface area contributed by atoms with Crippen LogP contribution < -0.4 is 0 Å². The minimum Gasteiger partial charge on any atom is -0.505 e. The standard InChI is InChI=1S/C12H13FO2/c13-11-7-9(3-6-12(11)15)8-1-4-10(14)5-2-8/h3,6-8,15H,1-2,4-5H2. The predicted octanol–water partition coefficient (Wildman–Crippen LogP) is 2.76. The lowest BCUT2D eigenvalue weighted by Crippen LogP contribution is -2.12. The fraction of sp³-hybridized carbons (Fsp3) is 0.417. The third-order valence-electron chi connectivity index (χ3n) is 2.99. The quantitative estimate of drug-likeness (QED) is 0.770. The molecule has 1 fully saturated rings. The molecule has 1 aliphatic carbocycles. The van der Waals surface area contributed by atoms with Gasteiger partial charge >= 0.3 is 0 Å². The van der Waals surface area contributed by atoms with E-state index in [-0.39, 0.29) is 11.7 Å². The molecule has 15 heavy (non-hydrogen) atoms. The number of Topliss-reactive ketones (excluding diaryl/α,β-unsaturated/α-hetero) is 1. The Kier molecular flexibility index (Phi) is 2.71. The van der Waals surface area contributed by atoms with Gasteiger partial charge in [-0.1, -0.05) is 6.07 Å². The average Bonchev–Trinajstić information content (AvgIpc) is 2.23. The number of aromatic hydroxyl groups is 1. The van der Waals surface area contributed by atoms with Crippen LogP contribution in [0.1, 0.15) is 37.2 Å². The molecule has 0 aromatic heterocycles. The molecule has 0 unspecified atom stereocenters. The second-order valence-corrected chi connectivity index (χ2v) is 4.02. The topological polar surface area (TPSA) is 37.3 Å². The first-order chi connectivity index (χ1) is 7.16. The summed E-state index contributed by atoms with van der Waals surface area (Å²) in [6, 6.07) is 4.48. The largest absolute Gasteiger partial charge is 0.505 e. The Balaban J connectivity index is 2.16. The summed E-state index contributed by atoms with van der Waals surface area (Å²) in [7, 11) is 0. The molecule has 0 radical (unpaired) electrons. The van der Waals surface area contributed by atoms with E-state index in [4.69, 9.17) is 5.11 Å². The lowest BCUT2D eigenvalue weighted by atomic mass is 9.83. The number of phenols is 1. The Labute approximate surface area is 87.7 Å². The zero-order valence-electron chi connectivity index (χ0n) is 8.37. The summed E-state index contributed by atoms with van der Waals surface area (Å²) in [4.78, 5) is 11.0. The molecule has 0 saturated heterocycles. The summed E-state index contributed by atoms with van der Waals surface area (Å²) < 4.78 is 13.1. The Morgan fingerprint density at radius 2 is 1.93 bits per heavy atom. The lowest BCUT2D eigenvalue weighted by molar-refractivity contribution is -0.120. The van der Waals surface area contributed by atoms with Gasteiger partial charge in [0, 0.05) is 12.8 Å². The van der Waals surface area contributed by atoms with Gasteiger partial charge in [0.25, 0.3) is 0 Å². The SMILES string of the molecule is O=C1CCC(c2ccc(O)c(F)c2)CC1. The molecule has 3 heteroatoms. The van der Waals surface area contributed by atoms with Crippen LogP contribution in [-0.4, -0.2) is 10.9 Å². The van der Waals surface area contributed by atoms with Crippen molar-refractivity contribution in [3.8, 4) is 5.75 Å². The highest BCUT2D eigenvalue weighted by Crippen LogP contribution is 2.32. The van der Waals surface area contributed by atoms with Gasteiger partial charge in [-0.25, -0.2) is 4.39 Å². The Morgan fingerprint density at radius 1 is 1.27 bits per heavy atom. The minimum atomic E-state index is -0.579. The van der Waals surface area contributed by atoms with Crippen molar-refractivity contribution in [2.45, 2.75) is 31.6 Å². The lowest BCUT2D eigenvalue weighted by Gasteiger charge is -2.21. The highest BCUT2D eigenvalue weighted by Gasteiger charge is 2.20. The molecule has 0 spiro atoms. The van der Waals surface area contributed by atoms with Crippen molar-refractivity contribution in [2.75, 3.05) is 0 Å². The summed E-state index contributed by atoms with van der Waals surface area (Å²) in [5.41, 5.74) is 0.887. The van der Waals surface area contributed by atoms with Crippen LogP contribution in [0, 0.1) is 5.82 Å². The van der Waals surface area contributed by atoms with E-state index >= 15 is 0 Å². The number of phenolic OH excluding ortho intramolecular Hbond substituents is 1. The van der Waals surface area contributed by atoms with Gasteiger partial charge in [-0.15, -0.1) is 0 Å². The average molecular weight is 208 g/mol. The zero-order valence-corrected chi connectivity index (χ0v) is 8.37. The number of ketones is 1. The molecule has 1 saturated carbocycles. The van der Waals surface area contributed by atoms with Gasteiger partial charge in [0.05, 0.1) is 0 Å². The van der Waals surface area contributed by atoms with Crippen molar-refractivity contribution in [1.82, 2.24) is 0 Å². The molecule has 2 nitrogen and oxygen atoms in total. The normalized spacial score (nSPS) is 18.1. The molecular weight excluding hydrogens is 195 g/mol. The van der Waals surface area contributed by atoms with E-state index in [1.54, 1.807) is 6.07 Å². The number of benzene rings is 1. The first-order valence-electron chi connectivity index (χ1n) is 5.17. The molecule has 80 valence electrons. The summed E-state index contributed by atoms with van der Waals surface area (Å²) in [6.45, 7) is 0. The van der Waals surface area contributed by atoms with Crippen molar-refractivity contribution in [3.05, 3.63) is 29.6 Å². The smallest absolute Gasteiger partial charge is 0.165 e. The fourth-order valence-corrected chi connectivity index (χ4v) is 2.05. The maximum Gasteiger partial charge on any atom is 0.165 e. The van der Waals surface area contributed by atoms with E-state index in [0.29, 0.717) is 18.6 Å². The number of carbonyl (C=O) groups is 1. The van der Waals surface area contributed by atoms with Crippen molar-refractivity contribution < 1.29 is 14.3 Å². The van der Waals surface area contributed by atoms with E-state index in [1.165, 1.54) is 12.1 Å². The molecule has 1 N–H and O–H groups in total. The van der Waals surface area contributed by atoms with Gasteiger partial charge in [0.2, 0.25) is 0 Å². The molecule has 1 aromatic rings.